The Bertz CT molecular complexity index is 384. The average Bonchev–Trinajstić information content (AvgIpc) is 2.22. The van der Waals surface area contributed by atoms with Crippen molar-refractivity contribution >= 4 is 24.7 Å². The first-order valence-corrected chi connectivity index (χ1v) is 13.7. The molecule has 2 heteroatoms. The Kier molecular flexibility index (Phi) is 7.19. The van der Waals surface area contributed by atoms with Crippen LogP contribution in [0.5, 0.6) is 0 Å². The van der Waals surface area contributed by atoms with Crippen LogP contribution in [-0.2, 0) is 4.79 Å². The molecule has 120 valence electrons. The molecule has 0 bridgehead atoms. The van der Waals surface area contributed by atoms with Crippen LogP contribution in [0.4, 0.5) is 0 Å². The van der Waals surface area contributed by atoms with Crippen LogP contribution in [-0.4, -0.2) is 24.7 Å². The zero-order valence-corrected chi connectivity index (χ0v) is 18.3. The molecule has 0 fully saturated rings. The van der Waals surface area contributed by atoms with Gasteiger partial charge in [0.2, 0.25) is 0 Å². The van der Waals surface area contributed by atoms with E-state index in [1.807, 2.05) is 6.08 Å². The molecule has 0 aromatic rings. The molecule has 0 unspecified atom stereocenters. The minimum absolute atomic E-state index is 0.341. The number of hydrogen-bond acceptors (Lipinski definition) is 1. The monoisotopic (exact) mass is 398 g/mol. The summed E-state index contributed by atoms with van der Waals surface area (Å²) in [6.45, 7) is 21.7. The van der Waals surface area contributed by atoms with Crippen molar-refractivity contribution in [2.75, 3.05) is 0 Å². The SMILES string of the molecule is C[C](C)(C)[Sn](/[CH]=C/C=C/C=C/C=O)([C](C)(C)C)[C](C)(C)C. The van der Waals surface area contributed by atoms with E-state index in [4.69, 9.17) is 0 Å². The van der Waals surface area contributed by atoms with E-state index in [9.17, 15) is 4.79 Å². The standard InChI is InChI=1S/C7H7O.3C4H9.Sn/c1-2-3-4-5-6-7-8;3*1-4(2)3;/h1-7H;3*1-3H3;/b2-1?,4-3+,6-5+;;;;. The number of carbonyl (C=O) groups excluding carboxylic acids is 1. The molecule has 0 rings (SSSR count). The second-order valence-electron chi connectivity index (χ2n) is 8.82. The molecule has 0 saturated heterocycles. The minimum atomic E-state index is -2.73. The molecule has 0 atom stereocenters. The molecule has 0 aromatic carbocycles. The maximum atomic E-state index is 10.3. The van der Waals surface area contributed by atoms with E-state index < -0.39 is 18.4 Å². The second kappa shape index (κ2) is 7.30. The predicted molar refractivity (Wildman–Crippen MR) is 98.4 cm³/mol. The van der Waals surface area contributed by atoms with Gasteiger partial charge in [-0.3, -0.25) is 0 Å². The van der Waals surface area contributed by atoms with Gasteiger partial charge < -0.3 is 0 Å². The van der Waals surface area contributed by atoms with Crippen molar-refractivity contribution in [2.24, 2.45) is 0 Å². The Morgan fingerprint density at radius 1 is 0.571 bits per heavy atom. The van der Waals surface area contributed by atoms with Crippen molar-refractivity contribution in [3.8, 4) is 0 Å². The number of carbonyl (C=O) groups is 1. The molecule has 0 aromatic heterocycles. The van der Waals surface area contributed by atoms with Crippen molar-refractivity contribution in [1.82, 2.24) is 0 Å². The van der Waals surface area contributed by atoms with Crippen LogP contribution in [0.1, 0.15) is 62.3 Å². The number of aldehydes is 1. The van der Waals surface area contributed by atoms with Gasteiger partial charge in [0.05, 0.1) is 0 Å². The predicted octanol–water partition coefficient (Wildman–Crippen LogP) is 6.24. The van der Waals surface area contributed by atoms with Crippen LogP contribution >= 0.6 is 0 Å². The van der Waals surface area contributed by atoms with E-state index in [0.717, 1.165) is 6.29 Å². The first-order valence-electron chi connectivity index (χ1n) is 7.77. The van der Waals surface area contributed by atoms with Crippen molar-refractivity contribution < 1.29 is 4.79 Å². The fourth-order valence-corrected chi connectivity index (χ4v) is 29.3. The molecular weight excluding hydrogens is 363 g/mol. The molecule has 0 heterocycles. The fourth-order valence-electron chi connectivity index (χ4n) is 4.56. The molecule has 0 aliphatic carbocycles. The van der Waals surface area contributed by atoms with E-state index in [-0.39, 0.29) is 0 Å². The summed E-state index contributed by atoms with van der Waals surface area (Å²) in [4.78, 5) is 10.3. The van der Waals surface area contributed by atoms with Crippen molar-refractivity contribution in [3.63, 3.8) is 0 Å². The normalized spacial score (nSPS) is 15.5. The van der Waals surface area contributed by atoms with Gasteiger partial charge in [-0.25, -0.2) is 0 Å². The summed E-state index contributed by atoms with van der Waals surface area (Å²) in [5.41, 5.74) is 0. The van der Waals surface area contributed by atoms with Crippen LogP contribution in [0.3, 0.4) is 0 Å². The quantitative estimate of drug-likeness (QED) is 0.238. The summed E-state index contributed by atoms with van der Waals surface area (Å²) < 4.78 is 3.59. The van der Waals surface area contributed by atoms with E-state index in [2.05, 4.69) is 78.6 Å². The number of allylic oxidation sites excluding steroid dienone is 5. The molecular formula is C19H34OSn. The Balaban J connectivity index is 5.84. The molecule has 0 spiro atoms. The summed E-state index contributed by atoms with van der Waals surface area (Å²) in [6, 6.07) is 0. The topological polar surface area (TPSA) is 17.1 Å². The van der Waals surface area contributed by atoms with Gasteiger partial charge in [-0.1, -0.05) is 0 Å². The van der Waals surface area contributed by atoms with Gasteiger partial charge in [0.1, 0.15) is 0 Å². The zero-order valence-electron chi connectivity index (χ0n) is 15.4. The summed E-state index contributed by atoms with van der Waals surface area (Å²) in [5, 5.41) is 0. The second-order valence-corrected chi connectivity index (χ2v) is 27.2. The van der Waals surface area contributed by atoms with E-state index in [1.54, 1.807) is 6.08 Å². The van der Waals surface area contributed by atoms with Crippen LogP contribution in [0.25, 0.3) is 0 Å². The van der Waals surface area contributed by atoms with Gasteiger partial charge in [0.25, 0.3) is 0 Å². The Labute approximate surface area is 136 Å². The molecule has 1 nitrogen and oxygen atoms in total. The van der Waals surface area contributed by atoms with E-state index in [1.165, 1.54) is 6.08 Å². The van der Waals surface area contributed by atoms with Crippen molar-refractivity contribution in [1.29, 1.82) is 0 Å². The van der Waals surface area contributed by atoms with Gasteiger partial charge in [0.15, 0.2) is 0 Å². The van der Waals surface area contributed by atoms with Gasteiger partial charge in [-0.05, 0) is 0 Å². The summed E-state index contributed by atoms with van der Waals surface area (Å²) in [6.07, 6.45) is 10.3. The van der Waals surface area contributed by atoms with Crippen molar-refractivity contribution in [3.05, 3.63) is 34.5 Å². The van der Waals surface area contributed by atoms with Gasteiger partial charge in [-0.2, -0.15) is 0 Å². The van der Waals surface area contributed by atoms with Crippen LogP contribution in [0.2, 0.25) is 10.3 Å². The van der Waals surface area contributed by atoms with Crippen LogP contribution in [0.15, 0.2) is 34.5 Å². The molecule has 0 saturated carbocycles. The van der Waals surface area contributed by atoms with Gasteiger partial charge >= 0.3 is 137 Å². The molecule has 0 aliphatic rings. The first-order chi connectivity index (χ1) is 9.31. The molecule has 21 heavy (non-hydrogen) atoms. The van der Waals surface area contributed by atoms with Gasteiger partial charge in [0, 0.05) is 0 Å². The summed E-state index contributed by atoms with van der Waals surface area (Å²) >= 11 is -2.73. The third kappa shape index (κ3) is 4.84. The summed E-state index contributed by atoms with van der Waals surface area (Å²) in [7, 11) is 0. The Hall–Kier alpha value is -0.311. The molecule has 0 radical (unpaired) electrons. The van der Waals surface area contributed by atoms with E-state index in [0.29, 0.717) is 10.3 Å². The number of rotatable bonds is 4. The summed E-state index contributed by atoms with van der Waals surface area (Å²) in [5.74, 6) is 0. The van der Waals surface area contributed by atoms with Gasteiger partial charge in [-0.15, -0.1) is 0 Å². The van der Waals surface area contributed by atoms with Crippen molar-refractivity contribution in [2.45, 2.75) is 72.6 Å². The third-order valence-corrected chi connectivity index (χ3v) is 26.7. The molecule has 0 N–H and O–H groups in total. The molecule has 0 aliphatic heterocycles. The first kappa shape index (κ1) is 20.7. The molecule has 0 amide bonds. The Morgan fingerprint density at radius 3 is 1.24 bits per heavy atom. The zero-order chi connectivity index (χ0) is 16.9. The Morgan fingerprint density at radius 2 is 0.905 bits per heavy atom. The third-order valence-electron chi connectivity index (χ3n) is 4.42. The van der Waals surface area contributed by atoms with Crippen LogP contribution in [0, 0.1) is 0 Å². The fraction of sp³-hybridized carbons (Fsp3) is 0.632. The average molecular weight is 397 g/mol. The number of hydrogen-bond donors (Lipinski definition) is 0. The van der Waals surface area contributed by atoms with Crippen LogP contribution < -0.4 is 0 Å². The van der Waals surface area contributed by atoms with E-state index >= 15 is 0 Å². The maximum absolute atomic E-state index is 10.3.